The fraction of sp³-hybridized carbons (Fsp3) is 0.125. The quantitative estimate of drug-likeness (QED) is 0.361. The van der Waals surface area contributed by atoms with Gasteiger partial charge in [0.2, 0.25) is 0 Å². The number of alkyl halides is 3. The van der Waals surface area contributed by atoms with Crippen molar-refractivity contribution in [1.29, 1.82) is 10.5 Å². The van der Waals surface area contributed by atoms with Gasteiger partial charge in [0.15, 0.2) is 0 Å². The number of nitriles is 2. The summed E-state index contributed by atoms with van der Waals surface area (Å²) < 4.78 is 44.5. The topological polar surface area (TPSA) is 81.0 Å². The van der Waals surface area contributed by atoms with E-state index in [4.69, 9.17) is 9.68 Å². The molecule has 1 amide bonds. The zero-order chi connectivity index (χ0) is 23.1. The smallest absolute Gasteiger partial charge is 0.416 e. The predicted molar refractivity (Wildman–Crippen MR) is 112 cm³/mol. The molecular formula is C24H16F3N3O2. The number of amides is 1. The van der Waals surface area contributed by atoms with Crippen molar-refractivity contribution < 1.29 is 22.4 Å². The highest BCUT2D eigenvalue weighted by Crippen LogP contribution is 2.33. The van der Waals surface area contributed by atoms with E-state index in [1.165, 1.54) is 35.2 Å². The number of furan rings is 1. The van der Waals surface area contributed by atoms with Crippen LogP contribution in [0.4, 0.5) is 18.9 Å². The summed E-state index contributed by atoms with van der Waals surface area (Å²) in [5, 5.41) is 18.4. The summed E-state index contributed by atoms with van der Waals surface area (Å²) in [4.78, 5) is 14.3. The summed E-state index contributed by atoms with van der Waals surface area (Å²) in [7, 11) is 0. The second-order valence-electron chi connectivity index (χ2n) is 6.65. The largest absolute Gasteiger partial charge is 0.457 e. The Morgan fingerprint density at radius 1 is 1.03 bits per heavy atom. The Bertz CT molecular complexity index is 1220. The van der Waals surface area contributed by atoms with Crippen LogP contribution in [0, 0.1) is 22.7 Å². The molecule has 0 atom stereocenters. The second-order valence-corrected chi connectivity index (χ2v) is 6.65. The van der Waals surface area contributed by atoms with Crippen LogP contribution in [-0.4, -0.2) is 12.5 Å². The van der Waals surface area contributed by atoms with Crippen LogP contribution < -0.4 is 4.90 Å². The third-order valence-electron chi connectivity index (χ3n) is 4.50. The molecule has 0 spiro atoms. The lowest BCUT2D eigenvalue weighted by Crippen LogP contribution is -2.32. The summed E-state index contributed by atoms with van der Waals surface area (Å²) in [5.74, 6) is -0.321. The Hall–Kier alpha value is -4.30. The van der Waals surface area contributed by atoms with Gasteiger partial charge in [0.05, 0.1) is 18.1 Å². The van der Waals surface area contributed by atoms with E-state index in [1.54, 1.807) is 30.3 Å². The Morgan fingerprint density at radius 2 is 1.78 bits per heavy atom. The molecule has 5 nitrogen and oxygen atoms in total. The third-order valence-corrected chi connectivity index (χ3v) is 4.50. The highest BCUT2D eigenvalue weighted by atomic mass is 19.4. The minimum absolute atomic E-state index is 0.0692. The van der Waals surface area contributed by atoms with Gasteiger partial charge in [-0.1, -0.05) is 30.3 Å². The standard InChI is InChI=1S/C24H16F3N3O2/c25-24(26,27)19-7-4-6-17(14-19)22-11-10-21(32-22)15-18(16-29)23(31)30(13-5-12-28)20-8-2-1-3-9-20/h1-4,6-11,14-15H,5,13H2. The number of carbonyl (C=O) groups is 1. The van der Waals surface area contributed by atoms with E-state index in [0.717, 1.165) is 12.1 Å². The highest BCUT2D eigenvalue weighted by Gasteiger charge is 2.30. The van der Waals surface area contributed by atoms with E-state index < -0.39 is 17.6 Å². The molecule has 1 heterocycles. The number of halogens is 3. The normalized spacial score (nSPS) is 11.5. The van der Waals surface area contributed by atoms with Crippen LogP contribution >= 0.6 is 0 Å². The molecule has 0 bridgehead atoms. The maximum atomic E-state index is 13.0. The van der Waals surface area contributed by atoms with Gasteiger partial charge in [-0.3, -0.25) is 4.79 Å². The lowest BCUT2D eigenvalue weighted by Gasteiger charge is -2.21. The number of hydrogen-bond acceptors (Lipinski definition) is 4. The van der Waals surface area contributed by atoms with E-state index >= 15 is 0 Å². The average molecular weight is 435 g/mol. The number of carbonyl (C=O) groups excluding carboxylic acids is 1. The predicted octanol–water partition coefficient (Wildman–Crippen LogP) is 5.82. The van der Waals surface area contributed by atoms with Crippen molar-refractivity contribution in [1.82, 2.24) is 0 Å². The highest BCUT2D eigenvalue weighted by molar-refractivity contribution is 6.11. The number of benzene rings is 2. The van der Waals surface area contributed by atoms with Crippen LogP contribution in [0.1, 0.15) is 17.7 Å². The van der Waals surface area contributed by atoms with Gasteiger partial charge in [0.25, 0.3) is 5.91 Å². The minimum Gasteiger partial charge on any atom is -0.457 e. The first-order valence-corrected chi connectivity index (χ1v) is 9.46. The first-order valence-electron chi connectivity index (χ1n) is 9.46. The number of anilines is 1. The van der Waals surface area contributed by atoms with Crippen molar-refractivity contribution in [3.05, 3.63) is 83.6 Å². The second kappa shape index (κ2) is 9.67. The van der Waals surface area contributed by atoms with Gasteiger partial charge in [-0.05, 0) is 36.4 Å². The third kappa shape index (κ3) is 5.24. The first kappa shape index (κ1) is 22.4. The monoisotopic (exact) mass is 435 g/mol. The maximum Gasteiger partial charge on any atom is 0.416 e. The van der Waals surface area contributed by atoms with Gasteiger partial charge >= 0.3 is 6.18 Å². The molecule has 160 valence electrons. The molecule has 0 radical (unpaired) electrons. The van der Waals surface area contributed by atoms with Crippen molar-refractivity contribution >= 4 is 17.7 Å². The molecule has 0 aliphatic heterocycles. The van der Waals surface area contributed by atoms with E-state index in [1.807, 2.05) is 12.1 Å². The zero-order valence-electron chi connectivity index (χ0n) is 16.6. The summed E-state index contributed by atoms with van der Waals surface area (Å²) in [6, 6.07) is 20.0. The zero-order valence-corrected chi connectivity index (χ0v) is 16.6. The van der Waals surface area contributed by atoms with Crippen LogP contribution in [0.15, 0.2) is 76.7 Å². The summed E-state index contributed by atoms with van der Waals surface area (Å²) in [6.45, 7) is 0.0893. The number of para-hydroxylation sites is 1. The number of hydrogen-bond donors (Lipinski definition) is 0. The Labute approximate surface area is 182 Å². The van der Waals surface area contributed by atoms with Crippen molar-refractivity contribution in [3.63, 3.8) is 0 Å². The molecule has 0 aliphatic carbocycles. The van der Waals surface area contributed by atoms with Gasteiger partial charge in [-0.15, -0.1) is 0 Å². The molecule has 2 aromatic carbocycles. The van der Waals surface area contributed by atoms with Crippen molar-refractivity contribution in [3.8, 4) is 23.5 Å². The maximum absolute atomic E-state index is 13.0. The lowest BCUT2D eigenvalue weighted by molar-refractivity contribution is -0.137. The first-order chi connectivity index (χ1) is 15.3. The lowest BCUT2D eigenvalue weighted by atomic mass is 10.1. The molecule has 0 N–H and O–H groups in total. The summed E-state index contributed by atoms with van der Waals surface area (Å²) >= 11 is 0. The van der Waals surface area contributed by atoms with Gasteiger partial charge in [0.1, 0.15) is 23.2 Å². The Kier molecular flexibility index (Phi) is 6.77. The minimum atomic E-state index is -4.49. The molecular weight excluding hydrogens is 419 g/mol. The fourth-order valence-electron chi connectivity index (χ4n) is 2.98. The molecule has 0 saturated heterocycles. The molecule has 0 aliphatic rings. The van der Waals surface area contributed by atoms with Gasteiger partial charge in [-0.25, -0.2) is 0 Å². The van der Waals surface area contributed by atoms with Crippen molar-refractivity contribution in [2.75, 3.05) is 11.4 Å². The summed E-state index contributed by atoms with van der Waals surface area (Å²) in [5.41, 5.74) is -0.314. The van der Waals surface area contributed by atoms with Gasteiger partial charge in [-0.2, -0.15) is 23.7 Å². The van der Waals surface area contributed by atoms with E-state index in [0.29, 0.717) is 5.69 Å². The average Bonchev–Trinajstić information content (AvgIpc) is 3.26. The van der Waals surface area contributed by atoms with E-state index in [-0.39, 0.29) is 35.6 Å². The molecule has 3 aromatic rings. The van der Waals surface area contributed by atoms with Gasteiger partial charge in [0, 0.05) is 23.9 Å². The van der Waals surface area contributed by atoms with Gasteiger partial charge < -0.3 is 9.32 Å². The van der Waals surface area contributed by atoms with Crippen LogP contribution in [0.25, 0.3) is 17.4 Å². The molecule has 1 aromatic heterocycles. The van der Waals surface area contributed by atoms with E-state index in [2.05, 4.69) is 0 Å². The van der Waals surface area contributed by atoms with Crippen LogP contribution in [0.5, 0.6) is 0 Å². The molecule has 0 unspecified atom stereocenters. The number of rotatable bonds is 6. The number of nitrogens with zero attached hydrogens (tertiary/aromatic N) is 3. The molecule has 8 heteroatoms. The van der Waals surface area contributed by atoms with Crippen LogP contribution in [0.2, 0.25) is 0 Å². The molecule has 32 heavy (non-hydrogen) atoms. The van der Waals surface area contributed by atoms with Crippen LogP contribution in [0.3, 0.4) is 0 Å². The van der Waals surface area contributed by atoms with Crippen molar-refractivity contribution in [2.24, 2.45) is 0 Å². The summed E-state index contributed by atoms with van der Waals surface area (Å²) in [6.07, 6.45) is -3.20. The SMILES string of the molecule is N#CCCN(C(=O)C(C#N)=Cc1ccc(-c2cccc(C(F)(F)F)c2)o1)c1ccccc1. The van der Waals surface area contributed by atoms with Crippen molar-refractivity contribution in [2.45, 2.75) is 12.6 Å². The Balaban J connectivity index is 1.90. The molecule has 0 fully saturated rings. The van der Waals surface area contributed by atoms with Crippen LogP contribution in [-0.2, 0) is 11.0 Å². The van der Waals surface area contributed by atoms with E-state index in [9.17, 15) is 23.2 Å². The molecule has 0 saturated carbocycles. The Morgan fingerprint density at radius 3 is 2.44 bits per heavy atom. The molecule has 3 rings (SSSR count). The fourth-order valence-corrected chi connectivity index (χ4v) is 2.98.